The van der Waals surface area contributed by atoms with E-state index in [-0.39, 0.29) is 0 Å². The number of aliphatic hydroxyl groups excluding tert-OH is 2. The van der Waals surface area contributed by atoms with Crippen molar-refractivity contribution in [1.82, 2.24) is 14.5 Å². The maximum Gasteiger partial charge on any atom is 0.158 e. The number of anilines is 1. The van der Waals surface area contributed by atoms with Gasteiger partial charge in [-0.15, -0.1) is 0 Å². The number of nitrogens with zero attached hydrogens (tertiary/aromatic N) is 4. The van der Waals surface area contributed by atoms with E-state index in [4.69, 9.17) is 0 Å². The van der Waals surface area contributed by atoms with Gasteiger partial charge in [-0.25, -0.2) is 9.97 Å². The van der Waals surface area contributed by atoms with E-state index < -0.39 is 12.5 Å². The molecule has 6 nitrogen and oxygen atoms in total. The van der Waals surface area contributed by atoms with Gasteiger partial charge in [0.25, 0.3) is 0 Å². The average Bonchev–Trinajstić information content (AvgIpc) is 3.53. The fraction of sp³-hybridized carbons (Fsp3) is 0.0556. The Morgan fingerprint density at radius 3 is 2.07 bits per heavy atom. The predicted molar refractivity (Wildman–Crippen MR) is 166 cm³/mol. The first-order valence-corrected chi connectivity index (χ1v) is 13.9. The topological polar surface area (TPSA) is 74.4 Å². The second-order valence-corrected chi connectivity index (χ2v) is 10.5. The lowest BCUT2D eigenvalue weighted by Gasteiger charge is -2.29. The van der Waals surface area contributed by atoms with Crippen molar-refractivity contribution in [2.45, 2.75) is 12.5 Å². The van der Waals surface area contributed by atoms with E-state index in [1.165, 1.54) is 6.33 Å². The van der Waals surface area contributed by atoms with E-state index >= 15 is 0 Å². The van der Waals surface area contributed by atoms with Crippen molar-refractivity contribution in [3.8, 4) is 27.9 Å². The highest BCUT2D eigenvalue weighted by Crippen LogP contribution is 2.49. The summed E-state index contributed by atoms with van der Waals surface area (Å²) in [6, 6.07) is 38.4. The number of benzene rings is 5. The van der Waals surface area contributed by atoms with Crippen molar-refractivity contribution in [3.05, 3.63) is 145 Å². The SMILES string of the molecule is OC1c2cccc(-n3c4ccccc4c4cccc(-c5cncnc5)c43)c2C(O)N1c1ccccc1-c1ccccc1. The molecule has 2 aromatic heterocycles. The highest BCUT2D eigenvalue weighted by Gasteiger charge is 2.40. The molecule has 3 heterocycles. The summed E-state index contributed by atoms with van der Waals surface area (Å²) in [7, 11) is 0. The van der Waals surface area contributed by atoms with E-state index in [0.717, 1.165) is 55.4 Å². The molecule has 0 spiro atoms. The van der Waals surface area contributed by atoms with Crippen LogP contribution in [0.5, 0.6) is 0 Å². The van der Waals surface area contributed by atoms with E-state index in [2.05, 4.69) is 44.9 Å². The summed E-state index contributed by atoms with van der Waals surface area (Å²) < 4.78 is 2.20. The van der Waals surface area contributed by atoms with E-state index in [9.17, 15) is 10.2 Å². The number of rotatable bonds is 4. The lowest BCUT2D eigenvalue weighted by atomic mass is 10.0. The Morgan fingerprint density at radius 2 is 1.21 bits per heavy atom. The number of aliphatic hydroxyl groups is 2. The van der Waals surface area contributed by atoms with Gasteiger partial charge >= 0.3 is 0 Å². The van der Waals surface area contributed by atoms with Crippen LogP contribution in [0.4, 0.5) is 5.69 Å². The smallest absolute Gasteiger partial charge is 0.158 e. The lowest BCUT2D eigenvalue weighted by molar-refractivity contribution is 0.110. The molecule has 202 valence electrons. The Balaban J connectivity index is 1.38. The van der Waals surface area contributed by atoms with Gasteiger partial charge in [-0.3, -0.25) is 0 Å². The standard InChI is InChI=1S/C36H26N4O2/c41-35-29-16-9-19-32(33(29)36(42)40(35)30-17-6-4-12-25(30)23-10-2-1-3-11-23)39-31-18-7-5-13-27(31)28-15-8-14-26(34(28)39)24-20-37-22-38-21-24/h1-22,35-36,41-42H. The third-order valence-corrected chi connectivity index (χ3v) is 8.25. The summed E-state index contributed by atoms with van der Waals surface area (Å²) >= 11 is 0. The molecule has 7 aromatic rings. The Hall–Kier alpha value is -5.30. The summed E-state index contributed by atoms with van der Waals surface area (Å²) in [5, 5.41) is 26.0. The Kier molecular flexibility index (Phi) is 5.63. The maximum atomic E-state index is 12.1. The van der Waals surface area contributed by atoms with Gasteiger partial charge in [0.1, 0.15) is 6.33 Å². The zero-order chi connectivity index (χ0) is 28.2. The molecule has 0 saturated heterocycles. The molecule has 0 amide bonds. The van der Waals surface area contributed by atoms with Crippen molar-refractivity contribution in [1.29, 1.82) is 0 Å². The average molecular weight is 547 g/mol. The largest absolute Gasteiger partial charge is 0.369 e. The highest BCUT2D eigenvalue weighted by atomic mass is 16.3. The Morgan fingerprint density at radius 1 is 0.548 bits per heavy atom. The van der Waals surface area contributed by atoms with Gasteiger partial charge in [-0.2, -0.15) is 0 Å². The minimum atomic E-state index is -1.08. The first-order valence-electron chi connectivity index (χ1n) is 13.9. The summed E-state index contributed by atoms with van der Waals surface area (Å²) in [6.45, 7) is 0. The van der Waals surface area contributed by atoms with Gasteiger partial charge in [-0.05, 0) is 23.8 Å². The van der Waals surface area contributed by atoms with Gasteiger partial charge in [0.05, 0.1) is 16.7 Å². The van der Waals surface area contributed by atoms with Crippen LogP contribution in [-0.2, 0) is 0 Å². The predicted octanol–water partition coefficient (Wildman–Crippen LogP) is 7.41. The summed E-state index contributed by atoms with van der Waals surface area (Å²) in [5.41, 5.74) is 8.77. The van der Waals surface area contributed by atoms with Crippen molar-refractivity contribution < 1.29 is 10.2 Å². The summed E-state index contributed by atoms with van der Waals surface area (Å²) in [4.78, 5) is 10.3. The molecule has 1 aliphatic heterocycles. The Labute approximate surface area is 242 Å². The lowest BCUT2D eigenvalue weighted by Crippen LogP contribution is -2.26. The third-order valence-electron chi connectivity index (χ3n) is 8.25. The van der Waals surface area contributed by atoms with Gasteiger partial charge in [-0.1, -0.05) is 97.1 Å². The van der Waals surface area contributed by atoms with Crippen LogP contribution >= 0.6 is 0 Å². The zero-order valence-corrected chi connectivity index (χ0v) is 22.5. The van der Waals surface area contributed by atoms with Gasteiger partial charge in [0.15, 0.2) is 12.5 Å². The molecular formula is C36H26N4O2. The summed E-state index contributed by atoms with van der Waals surface area (Å²) in [5.74, 6) is 0. The fourth-order valence-corrected chi connectivity index (χ4v) is 6.46. The van der Waals surface area contributed by atoms with Gasteiger partial charge < -0.3 is 19.7 Å². The molecule has 2 unspecified atom stereocenters. The second-order valence-electron chi connectivity index (χ2n) is 10.5. The number of fused-ring (bicyclic) bond motifs is 4. The zero-order valence-electron chi connectivity index (χ0n) is 22.5. The van der Waals surface area contributed by atoms with Gasteiger partial charge in [0, 0.05) is 56.7 Å². The minimum absolute atomic E-state index is 0.675. The van der Waals surface area contributed by atoms with Crippen molar-refractivity contribution in [2.24, 2.45) is 0 Å². The van der Waals surface area contributed by atoms with Crippen LogP contribution in [0.15, 0.2) is 134 Å². The van der Waals surface area contributed by atoms with Crippen LogP contribution in [0.25, 0.3) is 49.7 Å². The van der Waals surface area contributed by atoms with Crippen LogP contribution < -0.4 is 4.90 Å². The monoisotopic (exact) mass is 546 g/mol. The molecule has 42 heavy (non-hydrogen) atoms. The molecule has 0 radical (unpaired) electrons. The van der Waals surface area contributed by atoms with Crippen molar-refractivity contribution in [3.63, 3.8) is 0 Å². The van der Waals surface area contributed by atoms with Crippen molar-refractivity contribution in [2.75, 3.05) is 4.90 Å². The quantitative estimate of drug-likeness (QED) is 0.240. The second kappa shape index (κ2) is 9.66. The molecule has 6 heteroatoms. The van der Waals surface area contributed by atoms with Crippen LogP contribution in [0.2, 0.25) is 0 Å². The van der Waals surface area contributed by atoms with Crippen LogP contribution in [-0.4, -0.2) is 24.7 Å². The molecule has 2 atom stereocenters. The molecule has 2 N–H and O–H groups in total. The molecule has 0 aliphatic carbocycles. The number of hydrogen-bond donors (Lipinski definition) is 2. The normalized spacial score (nSPS) is 16.3. The molecular weight excluding hydrogens is 520 g/mol. The fourth-order valence-electron chi connectivity index (χ4n) is 6.46. The first kappa shape index (κ1) is 24.5. The van der Waals surface area contributed by atoms with Gasteiger partial charge in [0.2, 0.25) is 0 Å². The number of aromatic nitrogens is 3. The third kappa shape index (κ3) is 3.59. The number of hydrogen-bond acceptors (Lipinski definition) is 5. The molecule has 0 fully saturated rings. The molecule has 8 rings (SSSR count). The summed E-state index contributed by atoms with van der Waals surface area (Å²) in [6.07, 6.45) is 3.05. The molecule has 1 aliphatic rings. The highest BCUT2D eigenvalue weighted by molar-refractivity contribution is 6.13. The maximum absolute atomic E-state index is 12.1. The first-order chi connectivity index (χ1) is 20.7. The Bertz CT molecular complexity index is 2090. The minimum Gasteiger partial charge on any atom is -0.369 e. The molecule has 0 saturated carbocycles. The van der Waals surface area contributed by atoms with E-state index in [0.29, 0.717) is 11.1 Å². The van der Waals surface area contributed by atoms with Crippen LogP contribution in [0.1, 0.15) is 23.6 Å². The molecule has 5 aromatic carbocycles. The number of para-hydroxylation sites is 3. The van der Waals surface area contributed by atoms with Crippen molar-refractivity contribution >= 4 is 27.5 Å². The molecule has 0 bridgehead atoms. The van der Waals surface area contributed by atoms with Crippen LogP contribution in [0.3, 0.4) is 0 Å². The van der Waals surface area contributed by atoms with Crippen LogP contribution in [0, 0.1) is 0 Å². The van der Waals surface area contributed by atoms with E-state index in [1.807, 2.05) is 97.3 Å². The van der Waals surface area contributed by atoms with E-state index in [1.54, 1.807) is 4.90 Å².